The van der Waals surface area contributed by atoms with Gasteiger partial charge in [-0.3, -0.25) is 0 Å². The normalized spacial score (nSPS) is 19.6. The topological polar surface area (TPSA) is 26.0 Å². The largest absolute Gasteiger partial charge is 0.327 e. The molecule has 0 saturated heterocycles. The van der Waals surface area contributed by atoms with E-state index in [1.807, 2.05) is 0 Å². The fourth-order valence-corrected chi connectivity index (χ4v) is 2.45. The minimum absolute atomic E-state index is 0.398. The van der Waals surface area contributed by atoms with Gasteiger partial charge in [-0.2, -0.15) is 0 Å². The first-order chi connectivity index (χ1) is 6.77. The summed E-state index contributed by atoms with van der Waals surface area (Å²) >= 11 is 0. The van der Waals surface area contributed by atoms with Crippen LogP contribution in [0.5, 0.6) is 0 Å². The fourth-order valence-electron chi connectivity index (χ4n) is 2.45. The lowest BCUT2D eigenvalue weighted by Gasteiger charge is -2.23. The van der Waals surface area contributed by atoms with Gasteiger partial charge in [0.2, 0.25) is 0 Å². The van der Waals surface area contributed by atoms with Gasteiger partial charge in [-0.15, -0.1) is 0 Å². The second-order valence-corrected chi connectivity index (χ2v) is 4.55. The SMILES string of the molecule is CCC(CC)C(N)CC1=CCCCC1. The average Bonchev–Trinajstić information content (AvgIpc) is 2.21. The fraction of sp³-hybridized carbons (Fsp3) is 0.846. The molecule has 1 atom stereocenters. The summed E-state index contributed by atoms with van der Waals surface area (Å²) in [4.78, 5) is 0. The molecular formula is C13H25N. The van der Waals surface area contributed by atoms with Crippen molar-refractivity contribution in [3.8, 4) is 0 Å². The van der Waals surface area contributed by atoms with Gasteiger partial charge in [0.05, 0.1) is 0 Å². The van der Waals surface area contributed by atoms with Crippen molar-refractivity contribution >= 4 is 0 Å². The first-order valence-corrected chi connectivity index (χ1v) is 6.21. The number of hydrogen-bond acceptors (Lipinski definition) is 1. The predicted molar refractivity (Wildman–Crippen MR) is 63.2 cm³/mol. The molecule has 0 saturated carbocycles. The van der Waals surface area contributed by atoms with Crippen LogP contribution in [-0.2, 0) is 0 Å². The van der Waals surface area contributed by atoms with Crippen molar-refractivity contribution < 1.29 is 0 Å². The molecule has 0 aromatic rings. The lowest BCUT2D eigenvalue weighted by atomic mass is 9.87. The third-order valence-corrected chi connectivity index (χ3v) is 3.54. The maximum Gasteiger partial charge on any atom is 0.0104 e. The predicted octanol–water partition coefficient (Wildman–Crippen LogP) is 3.64. The van der Waals surface area contributed by atoms with Gasteiger partial charge in [-0.1, -0.05) is 38.3 Å². The van der Waals surface area contributed by atoms with Gasteiger partial charge in [0.15, 0.2) is 0 Å². The van der Waals surface area contributed by atoms with E-state index in [0.29, 0.717) is 6.04 Å². The highest BCUT2D eigenvalue weighted by Gasteiger charge is 2.16. The Bertz CT molecular complexity index is 180. The van der Waals surface area contributed by atoms with Crippen molar-refractivity contribution in [1.82, 2.24) is 0 Å². The Kier molecular flexibility index (Phi) is 5.24. The van der Waals surface area contributed by atoms with E-state index in [-0.39, 0.29) is 0 Å². The van der Waals surface area contributed by atoms with Crippen LogP contribution in [0.1, 0.15) is 58.8 Å². The van der Waals surface area contributed by atoms with E-state index >= 15 is 0 Å². The van der Waals surface area contributed by atoms with Crippen LogP contribution in [0.4, 0.5) is 0 Å². The number of allylic oxidation sites excluding steroid dienone is 1. The van der Waals surface area contributed by atoms with Crippen molar-refractivity contribution in [3.63, 3.8) is 0 Å². The summed E-state index contributed by atoms with van der Waals surface area (Å²) in [7, 11) is 0. The van der Waals surface area contributed by atoms with Crippen LogP contribution < -0.4 is 5.73 Å². The summed E-state index contributed by atoms with van der Waals surface area (Å²) in [6.45, 7) is 4.51. The van der Waals surface area contributed by atoms with E-state index in [9.17, 15) is 0 Å². The van der Waals surface area contributed by atoms with E-state index in [2.05, 4.69) is 19.9 Å². The molecule has 1 nitrogen and oxygen atoms in total. The zero-order chi connectivity index (χ0) is 10.4. The molecule has 0 amide bonds. The van der Waals surface area contributed by atoms with Gasteiger partial charge in [0.25, 0.3) is 0 Å². The molecular weight excluding hydrogens is 170 g/mol. The number of nitrogens with two attached hydrogens (primary N) is 1. The van der Waals surface area contributed by atoms with E-state index in [4.69, 9.17) is 5.73 Å². The zero-order valence-electron chi connectivity index (χ0n) is 9.76. The molecule has 0 aromatic carbocycles. The third-order valence-electron chi connectivity index (χ3n) is 3.54. The molecule has 1 heteroatoms. The van der Waals surface area contributed by atoms with Crippen LogP contribution in [0.2, 0.25) is 0 Å². The molecule has 1 aliphatic rings. The molecule has 0 heterocycles. The smallest absolute Gasteiger partial charge is 0.0104 e. The Hall–Kier alpha value is -0.300. The molecule has 1 unspecified atom stereocenters. The molecule has 0 spiro atoms. The summed E-state index contributed by atoms with van der Waals surface area (Å²) in [5, 5.41) is 0. The van der Waals surface area contributed by atoms with E-state index in [1.54, 1.807) is 5.57 Å². The molecule has 0 aliphatic heterocycles. The first kappa shape index (κ1) is 11.8. The average molecular weight is 195 g/mol. The van der Waals surface area contributed by atoms with Gasteiger partial charge in [0.1, 0.15) is 0 Å². The monoisotopic (exact) mass is 195 g/mol. The molecule has 2 N–H and O–H groups in total. The van der Waals surface area contributed by atoms with E-state index in [0.717, 1.165) is 12.3 Å². The molecule has 0 radical (unpaired) electrons. The summed E-state index contributed by atoms with van der Waals surface area (Å²) in [6, 6.07) is 0.398. The molecule has 0 fully saturated rings. The zero-order valence-corrected chi connectivity index (χ0v) is 9.76. The molecule has 1 aliphatic carbocycles. The standard InChI is InChI=1S/C13H25N/c1-3-12(4-2)13(14)10-11-8-6-5-7-9-11/h8,12-13H,3-7,9-10,14H2,1-2H3. The second kappa shape index (κ2) is 6.23. The van der Waals surface area contributed by atoms with Gasteiger partial charge < -0.3 is 5.73 Å². The van der Waals surface area contributed by atoms with E-state index < -0.39 is 0 Å². The van der Waals surface area contributed by atoms with Gasteiger partial charge in [-0.25, -0.2) is 0 Å². The van der Waals surface area contributed by atoms with Crippen molar-refractivity contribution in [3.05, 3.63) is 11.6 Å². The molecule has 1 rings (SSSR count). The minimum Gasteiger partial charge on any atom is -0.327 e. The Morgan fingerprint density at radius 2 is 2.00 bits per heavy atom. The van der Waals surface area contributed by atoms with Crippen molar-refractivity contribution in [1.29, 1.82) is 0 Å². The van der Waals surface area contributed by atoms with Gasteiger partial charge >= 0.3 is 0 Å². The molecule has 14 heavy (non-hydrogen) atoms. The Labute approximate surface area is 88.8 Å². The summed E-state index contributed by atoms with van der Waals surface area (Å²) in [6.07, 6.45) is 11.4. The highest BCUT2D eigenvalue weighted by atomic mass is 14.6. The Morgan fingerprint density at radius 1 is 1.29 bits per heavy atom. The lowest BCUT2D eigenvalue weighted by Crippen LogP contribution is -2.30. The van der Waals surface area contributed by atoms with Crippen molar-refractivity contribution in [2.45, 2.75) is 64.8 Å². The van der Waals surface area contributed by atoms with Crippen molar-refractivity contribution in [2.75, 3.05) is 0 Å². The maximum atomic E-state index is 6.23. The molecule has 82 valence electrons. The Morgan fingerprint density at radius 3 is 2.50 bits per heavy atom. The lowest BCUT2D eigenvalue weighted by molar-refractivity contribution is 0.388. The quantitative estimate of drug-likeness (QED) is 0.666. The highest BCUT2D eigenvalue weighted by Crippen LogP contribution is 2.24. The van der Waals surface area contributed by atoms with Crippen LogP contribution in [0.3, 0.4) is 0 Å². The third kappa shape index (κ3) is 3.45. The Balaban J connectivity index is 2.38. The summed E-state index contributed by atoms with van der Waals surface area (Å²) in [5.74, 6) is 0.720. The number of rotatable bonds is 5. The molecule has 0 aromatic heterocycles. The van der Waals surface area contributed by atoms with Crippen LogP contribution in [0.25, 0.3) is 0 Å². The van der Waals surface area contributed by atoms with Gasteiger partial charge in [0, 0.05) is 6.04 Å². The van der Waals surface area contributed by atoms with Crippen LogP contribution in [0, 0.1) is 5.92 Å². The van der Waals surface area contributed by atoms with Crippen LogP contribution in [0.15, 0.2) is 11.6 Å². The second-order valence-electron chi connectivity index (χ2n) is 4.55. The highest BCUT2D eigenvalue weighted by molar-refractivity contribution is 5.07. The van der Waals surface area contributed by atoms with Gasteiger partial charge in [-0.05, 0) is 38.0 Å². The minimum atomic E-state index is 0.398. The summed E-state index contributed by atoms with van der Waals surface area (Å²) < 4.78 is 0. The van der Waals surface area contributed by atoms with Crippen LogP contribution >= 0.6 is 0 Å². The first-order valence-electron chi connectivity index (χ1n) is 6.21. The van der Waals surface area contributed by atoms with Crippen LogP contribution in [-0.4, -0.2) is 6.04 Å². The van der Waals surface area contributed by atoms with Crippen molar-refractivity contribution in [2.24, 2.45) is 11.7 Å². The van der Waals surface area contributed by atoms with E-state index in [1.165, 1.54) is 38.5 Å². The maximum absolute atomic E-state index is 6.23. The summed E-state index contributed by atoms with van der Waals surface area (Å²) in [5.41, 5.74) is 7.85. The number of hydrogen-bond donors (Lipinski definition) is 1. The molecule has 0 bridgehead atoms.